The number of guanidine groups is 1. The van der Waals surface area contributed by atoms with Crippen molar-refractivity contribution in [2.45, 2.75) is 12.8 Å². The van der Waals surface area contributed by atoms with E-state index in [1.54, 1.807) is 0 Å². The number of imidazole rings is 1. The molecule has 1 saturated heterocycles. The third-order valence-electron chi connectivity index (χ3n) is 4.12. The molecule has 2 aromatic rings. The van der Waals surface area contributed by atoms with E-state index >= 15 is 0 Å². The van der Waals surface area contributed by atoms with Gasteiger partial charge in [-0.05, 0) is 18.6 Å². The van der Waals surface area contributed by atoms with Gasteiger partial charge in [0.25, 0.3) is 0 Å². The van der Waals surface area contributed by atoms with Crippen LogP contribution in [0.15, 0.2) is 35.6 Å². The average Bonchev–Trinajstić information content (AvgIpc) is 3.02. The molecule has 1 fully saturated rings. The van der Waals surface area contributed by atoms with Crippen LogP contribution in [0.4, 0.5) is 0 Å². The van der Waals surface area contributed by atoms with Crippen LogP contribution in [-0.2, 0) is 11.2 Å². The summed E-state index contributed by atoms with van der Waals surface area (Å²) in [5.41, 5.74) is 7.93. The van der Waals surface area contributed by atoms with Gasteiger partial charge in [0.05, 0.1) is 18.9 Å². The topological polar surface area (TPSA) is 80.2 Å². The number of hydrogen-bond acceptors (Lipinski definition) is 4. The van der Waals surface area contributed by atoms with E-state index in [1.165, 1.54) is 0 Å². The first-order valence-corrected chi connectivity index (χ1v) is 8.58. The number of nitrogens with two attached hydrogens (primary N) is 1. The number of nitrogens with one attached hydrogen (secondary N) is 1. The highest BCUT2D eigenvalue weighted by Gasteiger charge is 2.08. The van der Waals surface area contributed by atoms with Crippen molar-refractivity contribution in [1.82, 2.24) is 19.6 Å². The fourth-order valence-corrected chi connectivity index (χ4v) is 2.80. The zero-order valence-electron chi connectivity index (χ0n) is 14.0. The van der Waals surface area contributed by atoms with Crippen LogP contribution in [0.25, 0.3) is 5.65 Å². The van der Waals surface area contributed by atoms with E-state index in [2.05, 4.69) is 20.2 Å². The van der Waals surface area contributed by atoms with Crippen molar-refractivity contribution in [3.05, 3.63) is 36.3 Å². The van der Waals surface area contributed by atoms with Crippen molar-refractivity contribution in [3.63, 3.8) is 0 Å². The lowest BCUT2D eigenvalue weighted by Gasteiger charge is -2.26. The van der Waals surface area contributed by atoms with Crippen molar-refractivity contribution >= 4 is 11.6 Å². The van der Waals surface area contributed by atoms with E-state index < -0.39 is 0 Å². The van der Waals surface area contributed by atoms with Crippen LogP contribution in [-0.4, -0.2) is 66.2 Å². The molecule has 24 heavy (non-hydrogen) atoms. The summed E-state index contributed by atoms with van der Waals surface area (Å²) in [4.78, 5) is 11.4. The van der Waals surface area contributed by atoms with E-state index in [9.17, 15) is 0 Å². The first-order chi connectivity index (χ1) is 11.8. The summed E-state index contributed by atoms with van der Waals surface area (Å²) >= 11 is 0. The van der Waals surface area contributed by atoms with E-state index in [0.717, 1.165) is 70.1 Å². The quantitative estimate of drug-likeness (QED) is 0.439. The largest absolute Gasteiger partial charge is 0.379 e. The normalized spacial score (nSPS) is 16.6. The van der Waals surface area contributed by atoms with E-state index in [4.69, 9.17) is 10.5 Å². The molecule has 2 aromatic heterocycles. The number of hydrogen-bond donors (Lipinski definition) is 2. The molecule has 0 amide bonds. The van der Waals surface area contributed by atoms with Crippen LogP contribution in [0.3, 0.4) is 0 Å². The van der Waals surface area contributed by atoms with E-state index in [0.29, 0.717) is 5.96 Å². The van der Waals surface area contributed by atoms with Gasteiger partial charge in [-0.15, -0.1) is 0 Å². The predicted molar refractivity (Wildman–Crippen MR) is 95.3 cm³/mol. The van der Waals surface area contributed by atoms with Crippen molar-refractivity contribution < 1.29 is 4.74 Å². The summed E-state index contributed by atoms with van der Waals surface area (Å²) in [7, 11) is 0. The van der Waals surface area contributed by atoms with E-state index in [-0.39, 0.29) is 0 Å². The maximum Gasteiger partial charge on any atom is 0.188 e. The molecule has 0 atom stereocenters. The highest BCUT2D eigenvalue weighted by molar-refractivity contribution is 5.77. The molecule has 0 radical (unpaired) electrons. The van der Waals surface area contributed by atoms with Crippen LogP contribution in [0.2, 0.25) is 0 Å². The molecule has 7 nitrogen and oxygen atoms in total. The molecule has 0 aliphatic carbocycles. The molecule has 0 saturated carbocycles. The van der Waals surface area contributed by atoms with Gasteiger partial charge in [-0.2, -0.15) is 0 Å². The molecule has 0 unspecified atom stereocenters. The SMILES string of the molecule is NC(=NCCCN1CCOCC1)NCCc1cn2ccccc2n1. The molecule has 3 rings (SSSR count). The van der Waals surface area contributed by atoms with Crippen molar-refractivity contribution in [2.75, 3.05) is 45.9 Å². The Labute approximate surface area is 142 Å². The molecule has 0 bridgehead atoms. The van der Waals surface area contributed by atoms with Crippen LogP contribution < -0.4 is 11.1 Å². The van der Waals surface area contributed by atoms with E-state index in [1.807, 2.05) is 35.0 Å². The van der Waals surface area contributed by atoms with Crippen molar-refractivity contribution in [3.8, 4) is 0 Å². The molecular weight excluding hydrogens is 304 g/mol. The Morgan fingerprint density at radius 3 is 3.04 bits per heavy atom. The van der Waals surface area contributed by atoms with Gasteiger partial charge in [-0.1, -0.05) is 6.07 Å². The third kappa shape index (κ3) is 4.94. The lowest BCUT2D eigenvalue weighted by molar-refractivity contribution is 0.0377. The zero-order valence-corrected chi connectivity index (χ0v) is 14.0. The molecule has 130 valence electrons. The Hall–Kier alpha value is -2.12. The maximum absolute atomic E-state index is 5.91. The molecule has 3 heterocycles. The first kappa shape index (κ1) is 16.7. The lowest BCUT2D eigenvalue weighted by Crippen LogP contribution is -2.37. The van der Waals surface area contributed by atoms with Crippen LogP contribution in [0, 0.1) is 0 Å². The molecule has 3 N–H and O–H groups in total. The summed E-state index contributed by atoms with van der Waals surface area (Å²) in [6, 6.07) is 5.99. The van der Waals surface area contributed by atoms with Gasteiger partial charge in [0.1, 0.15) is 5.65 Å². The van der Waals surface area contributed by atoms with Gasteiger partial charge < -0.3 is 20.2 Å². The minimum atomic E-state index is 0.515. The second-order valence-corrected chi connectivity index (χ2v) is 5.95. The van der Waals surface area contributed by atoms with Gasteiger partial charge in [0.15, 0.2) is 5.96 Å². The smallest absolute Gasteiger partial charge is 0.188 e. The Morgan fingerprint density at radius 1 is 1.33 bits per heavy atom. The van der Waals surface area contributed by atoms with Gasteiger partial charge in [0, 0.05) is 51.5 Å². The van der Waals surface area contributed by atoms with Gasteiger partial charge in [-0.25, -0.2) is 4.98 Å². The van der Waals surface area contributed by atoms with Gasteiger partial charge in [0.2, 0.25) is 0 Å². The fourth-order valence-electron chi connectivity index (χ4n) is 2.80. The average molecular weight is 330 g/mol. The number of pyridine rings is 1. The van der Waals surface area contributed by atoms with Crippen LogP contribution in [0.5, 0.6) is 0 Å². The number of ether oxygens (including phenoxy) is 1. The van der Waals surface area contributed by atoms with Crippen LogP contribution in [0.1, 0.15) is 12.1 Å². The lowest BCUT2D eigenvalue weighted by atomic mass is 10.3. The number of nitrogens with zero attached hydrogens (tertiary/aromatic N) is 4. The predicted octanol–water partition coefficient (Wildman–Crippen LogP) is 0.503. The Bertz CT molecular complexity index is 629. The second-order valence-electron chi connectivity index (χ2n) is 5.95. The molecule has 0 aromatic carbocycles. The van der Waals surface area contributed by atoms with Crippen molar-refractivity contribution in [1.29, 1.82) is 0 Å². The minimum Gasteiger partial charge on any atom is -0.379 e. The Kier molecular flexibility index (Phi) is 6.03. The van der Waals surface area contributed by atoms with Gasteiger partial charge >= 0.3 is 0 Å². The number of fused-ring (bicyclic) bond motifs is 1. The summed E-state index contributed by atoms with van der Waals surface area (Å²) in [5, 5.41) is 3.16. The molecule has 7 heteroatoms. The number of morpholine rings is 1. The summed E-state index contributed by atoms with van der Waals surface area (Å²) in [6.45, 7) is 6.29. The summed E-state index contributed by atoms with van der Waals surface area (Å²) in [5.74, 6) is 0.515. The zero-order chi connectivity index (χ0) is 16.6. The number of aromatic nitrogens is 2. The standard InChI is InChI=1S/C17H26N6O/c18-17(19-6-3-8-22-10-12-24-13-11-22)20-7-5-15-14-23-9-2-1-4-16(23)21-15/h1-2,4,9,14H,3,5-8,10-13H2,(H3,18,19,20). The van der Waals surface area contributed by atoms with Crippen molar-refractivity contribution in [2.24, 2.45) is 10.7 Å². The maximum atomic E-state index is 5.91. The monoisotopic (exact) mass is 330 g/mol. The number of rotatable bonds is 7. The fraction of sp³-hybridized carbons (Fsp3) is 0.529. The highest BCUT2D eigenvalue weighted by Crippen LogP contribution is 2.04. The summed E-state index contributed by atoms with van der Waals surface area (Å²) in [6.07, 6.45) is 5.90. The van der Waals surface area contributed by atoms with Gasteiger partial charge in [-0.3, -0.25) is 9.89 Å². The molecular formula is C17H26N6O. The second kappa shape index (κ2) is 8.65. The highest BCUT2D eigenvalue weighted by atomic mass is 16.5. The molecule has 1 aliphatic heterocycles. The Balaban J connectivity index is 1.33. The molecule has 1 aliphatic rings. The Morgan fingerprint density at radius 2 is 2.21 bits per heavy atom. The first-order valence-electron chi connectivity index (χ1n) is 8.58. The summed E-state index contributed by atoms with van der Waals surface area (Å²) < 4.78 is 7.36. The van der Waals surface area contributed by atoms with Crippen LogP contribution >= 0.6 is 0 Å². The minimum absolute atomic E-state index is 0.515. The third-order valence-corrected chi connectivity index (χ3v) is 4.12. The number of aliphatic imine (C=N–C) groups is 1. The molecule has 0 spiro atoms.